The lowest BCUT2D eigenvalue weighted by Crippen LogP contribution is -1.92. The van der Waals surface area contributed by atoms with Crippen LogP contribution in [0.25, 0.3) is 11.1 Å². The van der Waals surface area contributed by atoms with E-state index in [1.54, 1.807) is 24.3 Å². The maximum absolute atomic E-state index is 11.0. The Balaban J connectivity index is 2.58. The summed E-state index contributed by atoms with van der Waals surface area (Å²) in [5, 5.41) is 20.2. The van der Waals surface area contributed by atoms with Crippen molar-refractivity contribution in [3.05, 3.63) is 58.1 Å². The van der Waals surface area contributed by atoms with Crippen molar-refractivity contribution >= 4 is 5.69 Å². The van der Waals surface area contributed by atoms with Crippen LogP contribution >= 0.6 is 0 Å². The first-order valence-electron chi connectivity index (χ1n) is 5.12. The molecule has 2 aromatic carbocycles. The fourth-order valence-electron chi connectivity index (χ4n) is 1.68. The van der Waals surface area contributed by atoms with E-state index >= 15 is 0 Å². The third-order valence-corrected chi connectivity index (χ3v) is 2.53. The number of phenolic OH excluding ortho intramolecular Hbond substituents is 1. The molecule has 0 fully saturated rings. The zero-order chi connectivity index (χ0) is 12.4. The van der Waals surface area contributed by atoms with Crippen molar-refractivity contribution in [3.63, 3.8) is 0 Å². The Morgan fingerprint density at radius 2 is 1.76 bits per heavy atom. The van der Waals surface area contributed by atoms with Crippen molar-refractivity contribution in [1.82, 2.24) is 0 Å². The molecule has 2 rings (SSSR count). The molecule has 1 N–H and O–H groups in total. The van der Waals surface area contributed by atoms with Gasteiger partial charge in [0, 0.05) is 6.07 Å². The molecule has 0 spiro atoms. The van der Waals surface area contributed by atoms with Gasteiger partial charge in [-0.15, -0.1) is 0 Å². The molecule has 0 saturated carbocycles. The van der Waals surface area contributed by atoms with Gasteiger partial charge in [-0.3, -0.25) is 10.1 Å². The van der Waals surface area contributed by atoms with Gasteiger partial charge in [0.2, 0.25) is 0 Å². The SMILES string of the molecule is Cc1ccc(-c2ccc(O)cc2)c([N+](=O)[O-])c1. The summed E-state index contributed by atoms with van der Waals surface area (Å²) in [4.78, 5) is 10.6. The number of aryl methyl sites for hydroxylation is 1. The van der Waals surface area contributed by atoms with Gasteiger partial charge in [-0.05, 0) is 36.2 Å². The quantitative estimate of drug-likeness (QED) is 0.634. The van der Waals surface area contributed by atoms with Gasteiger partial charge in [-0.2, -0.15) is 0 Å². The van der Waals surface area contributed by atoms with Gasteiger partial charge < -0.3 is 5.11 Å². The minimum atomic E-state index is -0.394. The van der Waals surface area contributed by atoms with Crippen molar-refractivity contribution in [2.24, 2.45) is 0 Å². The van der Waals surface area contributed by atoms with E-state index in [9.17, 15) is 15.2 Å². The number of hydrogen-bond acceptors (Lipinski definition) is 3. The average Bonchev–Trinajstić information content (AvgIpc) is 2.30. The molecule has 0 amide bonds. The Morgan fingerprint density at radius 3 is 2.35 bits per heavy atom. The van der Waals surface area contributed by atoms with Crippen LogP contribution in [0.15, 0.2) is 42.5 Å². The second-order valence-corrected chi connectivity index (χ2v) is 3.82. The van der Waals surface area contributed by atoms with E-state index in [1.165, 1.54) is 12.1 Å². The van der Waals surface area contributed by atoms with E-state index in [4.69, 9.17) is 0 Å². The minimum Gasteiger partial charge on any atom is -0.508 e. The molecule has 0 heterocycles. The van der Waals surface area contributed by atoms with Gasteiger partial charge >= 0.3 is 0 Å². The first-order chi connectivity index (χ1) is 8.08. The van der Waals surface area contributed by atoms with E-state index < -0.39 is 4.92 Å². The van der Waals surface area contributed by atoms with Gasteiger partial charge in [0.25, 0.3) is 5.69 Å². The minimum absolute atomic E-state index is 0.0793. The normalized spacial score (nSPS) is 10.2. The van der Waals surface area contributed by atoms with Crippen LogP contribution < -0.4 is 0 Å². The first-order valence-corrected chi connectivity index (χ1v) is 5.12. The van der Waals surface area contributed by atoms with Crippen LogP contribution in [0, 0.1) is 17.0 Å². The summed E-state index contributed by atoms with van der Waals surface area (Å²) in [7, 11) is 0. The van der Waals surface area contributed by atoms with Crippen molar-refractivity contribution in [2.75, 3.05) is 0 Å². The second-order valence-electron chi connectivity index (χ2n) is 3.82. The number of benzene rings is 2. The molecule has 4 heteroatoms. The summed E-state index contributed by atoms with van der Waals surface area (Å²) in [6.45, 7) is 1.81. The summed E-state index contributed by atoms with van der Waals surface area (Å²) in [6.07, 6.45) is 0. The standard InChI is InChI=1S/C13H11NO3/c1-9-2-7-12(13(8-9)14(16)17)10-3-5-11(15)6-4-10/h2-8,15H,1H3. The number of nitro benzene ring substituents is 1. The molecule has 17 heavy (non-hydrogen) atoms. The van der Waals surface area contributed by atoms with Crippen LogP contribution in [-0.2, 0) is 0 Å². The van der Waals surface area contributed by atoms with Crippen molar-refractivity contribution in [3.8, 4) is 16.9 Å². The van der Waals surface area contributed by atoms with Crippen LogP contribution in [0.5, 0.6) is 5.75 Å². The highest BCUT2D eigenvalue weighted by Gasteiger charge is 2.14. The molecule has 0 aliphatic carbocycles. The first kappa shape index (κ1) is 11.1. The van der Waals surface area contributed by atoms with Crippen LogP contribution in [0.2, 0.25) is 0 Å². The Morgan fingerprint density at radius 1 is 1.12 bits per heavy atom. The Bertz CT molecular complexity index is 561. The van der Waals surface area contributed by atoms with Crippen molar-refractivity contribution in [1.29, 1.82) is 0 Å². The smallest absolute Gasteiger partial charge is 0.277 e. The highest BCUT2D eigenvalue weighted by molar-refractivity contribution is 5.74. The molecular formula is C13H11NO3. The maximum Gasteiger partial charge on any atom is 0.277 e. The predicted molar refractivity (Wildman–Crippen MR) is 64.9 cm³/mol. The number of hydrogen-bond donors (Lipinski definition) is 1. The highest BCUT2D eigenvalue weighted by atomic mass is 16.6. The molecule has 0 aliphatic heterocycles. The molecule has 4 nitrogen and oxygen atoms in total. The van der Waals surface area contributed by atoms with Crippen molar-refractivity contribution in [2.45, 2.75) is 6.92 Å². The fourth-order valence-corrected chi connectivity index (χ4v) is 1.68. The molecule has 0 radical (unpaired) electrons. The molecule has 0 saturated heterocycles. The largest absolute Gasteiger partial charge is 0.508 e. The van der Waals surface area contributed by atoms with Gasteiger partial charge in [0.15, 0.2) is 0 Å². The van der Waals surface area contributed by atoms with Crippen LogP contribution in [0.1, 0.15) is 5.56 Å². The van der Waals surface area contributed by atoms with E-state index in [-0.39, 0.29) is 11.4 Å². The molecular weight excluding hydrogens is 218 g/mol. The summed E-state index contributed by atoms with van der Waals surface area (Å²) in [5.41, 5.74) is 2.20. The Kier molecular flexibility index (Phi) is 2.78. The van der Waals surface area contributed by atoms with Crippen molar-refractivity contribution < 1.29 is 10.0 Å². The van der Waals surface area contributed by atoms with E-state index in [0.717, 1.165) is 11.1 Å². The third kappa shape index (κ3) is 2.25. The summed E-state index contributed by atoms with van der Waals surface area (Å²) in [6, 6.07) is 11.4. The lowest BCUT2D eigenvalue weighted by molar-refractivity contribution is -0.384. The number of aromatic hydroxyl groups is 1. The molecule has 0 aliphatic rings. The van der Waals surface area contributed by atoms with E-state index in [2.05, 4.69) is 0 Å². The molecule has 0 bridgehead atoms. The number of phenols is 1. The summed E-state index contributed by atoms with van der Waals surface area (Å²) in [5.74, 6) is 0.142. The second kappa shape index (κ2) is 4.25. The number of nitro groups is 1. The lowest BCUT2D eigenvalue weighted by atomic mass is 10.0. The Hall–Kier alpha value is -2.36. The zero-order valence-corrected chi connectivity index (χ0v) is 9.25. The van der Waals surface area contributed by atoms with E-state index in [1.807, 2.05) is 13.0 Å². The van der Waals surface area contributed by atoms with E-state index in [0.29, 0.717) is 5.56 Å². The average molecular weight is 229 g/mol. The van der Waals surface area contributed by atoms with Crippen LogP contribution in [0.4, 0.5) is 5.69 Å². The third-order valence-electron chi connectivity index (χ3n) is 2.53. The number of rotatable bonds is 2. The molecule has 0 aromatic heterocycles. The molecule has 86 valence electrons. The number of nitrogens with zero attached hydrogens (tertiary/aromatic N) is 1. The highest BCUT2D eigenvalue weighted by Crippen LogP contribution is 2.31. The molecule has 0 atom stereocenters. The zero-order valence-electron chi connectivity index (χ0n) is 9.25. The lowest BCUT2D eigenvalue weighted by Gasteiger charge is -2.04. The molecule has 2 aromatic rings. The van der Waals surface area contributed by atoms with Gasteiger partial charge in [-0.1, -0.05) is 18.2 Å². The van der Waals surface area contributed by atoms with Gasteiger partial charge in [0.05, 0.1) is 10.5 Å². The fraction of sp³-hybridized carbons (Fsp3) is 0.0769. The molecule has 0 unspecified atom stereocenters. The monoisotopic (exact) mass is 229 g/mol. The summed E-state index contributed by atoms with van der Waals surface area (Å²) < 4.78 is 0. The van der Waals surface area contributed by atoms with Gasteiger partial charge in [-0.25, -0.2) is 0 Å². The maximum atomic E-state index is 11.0. The van der Waals surface area contributed by atoms with Crippen LogP contribution in [-0.4, -0.2) is 10.0 Å². The summed E-state index contributed by atoms with van der Waals surface area (Å²) >= 11 is 0. The van der Waals surface area contributed by atoms with Crippen LogP contribution in [0.3, 0.4) is 0 Å². The topological polar surface area (TPSA) is 63.4 Å². The van der Waals surface area contributed by atoms with Gasteiger partial charge in [0.1, 0.15) is 5.75 Å². The Labute approximate surface area is 98.3 Å². The predicted octanol–water partition coefficient (Wildman–Crippen LogP) is 3.28.